The van der Waals surface area contributed by atoms with Crippen molar-refractivity contribution in [3.05, 3.63) is 84.6 Å². The molecule has 0 fully saturated rings. The van der Waals surface area contributed by atoms with Crippen LogP contribution in [0, 0.1) is 0 Å². The predicted octanol–water partition coefficient (Wildman–Crippen LogP) is 4.55. The first-order chi connectivity index (χ1) is 9.22. The summed E-state index contributed by atoms with van der Waals surface area (Å²) in [5, 5.41) is 0. The summed E-state index contributed by atoms with van der Waals surface area (Å²) < 4.78 is 0. The normalized spacial score (nSPS) is 9.58. The molecular formula is C18H21N. The molecule has 0 aliphatic carbocycles. The van der Waals surface area contributed by atoms with E-state index in [0.29, 0.717) is 0 Å². The molecule has 0 heterocycles. The zero-order valence-corrected chi connectivity index (χ0v) is 11.7. The van der Waals surface area contributed by atoms with Gasteiger partial charge in [0.15, 0.2) is 0 Å². The van der Waals surface area contributed by atoms with E-state index in [9.17, 15) is 0 Å². The molecule has 0 atom stereocenters. The lowest BCUT2D eigenvalue weighted by atomic mass is 10.2. The average molecular weight is 251 g/mol. The zero-order chi connectivity index (χ0) is 13.9. The van der Waals surface area contributed by atoms with Crippen LogP contribution in [0.4, 0.5) is 0 Å². The van der Waals surface area contributed by atoms with Crippen LogP contribution in [-0.2, 0) is 0 Å². The van der Waals surface area contributed by atoms with Crippen LogP contribution in [0.25, 0.3) is 12.2 Å². The minimum atomic E-state index is 1.17. The van der Waals surface area contributed by atoms with Crippen molar-refractivity contribution in [2.75, 3.05) is 14.1 Å². The van der Waals surface area contributed by atoms with Crippen LogP contribution in [0.3, 0.4) is 0 Å². The maximum Gasteiger partial charge on any atom is 0.00556 e. The lowest BCUT2D eigenvalue weighted by molar-refractivity contribution is 0.567. The van der Waals surface area contributed by atoms with Gasteiger partial charge in [-0.05, 0) is 23.4 Å². The van der Waals surface area contributed by atoms with Gasteiger partial charge in [-0.1, -0.05) is 73.3 Å². The standard InChI is InChI=1S/C10H13N.C8H8/c1-11(2)9-8-10-6-4-3-5-7-10;1-2-8-6-4-3-5-7-8/h3-9H,1-2H3;2-7H,1H2. The molecule has 0 N–H and O–H groups in total. The molecule has 0 saturated heterocycles. The molecule has 0 amide bonds. The van der Waals surface area contributed by atoms with Crippen LogP contribution in [0.15, 0.2) is 73.4 Å². The van der Waals surface area contributed by atoms with E-state index in [0.717, 1.165) is 0 Å². The van der Waals surface area contributed by atoms with E-state index in [4.69, 9.17) is 0 Å². The average Bonchev–Trinajstić information content (AvgIpc) is 2.48. The van der Waals surface area contributed by atoms with E-state index in [2.05, 4.69) is 24.8 Å². The number of nitrogens with zero attached hydrogens (tertiary/aromatic N) is 1. The fourth-order valence-corrected chi connectivity index (χ4v) is 1.39. The largest absolute Gasteiger partial charge is 0.383 e. The van der Waals surface area contributed by atoms with Crippen molar-refractivity contribution in [2.45, 2.75) is 0 Å². The van der Waals surface area contributed by atoms with Gasteiger partial charge >= 0.3 is 0 Å². The van der Waals surface area contributed by atoms with Gasteiger partial charge in [0.25, 0.3) is 0 Å². The molecule has 2 aromatic rings. The molecule has 0 radical (unpaired) electrons. The van der Waals surface area contributed by atoms with E-state index >= 15 is 0 Å². The second-order valence-corrected chi connectivity index (χ2v) is 4.30. The first-order valence-corrected chi connectivity index (χ1v) is 6.29. The van der Waals surface area contributed by atoms with E-state index < -0.39 is 0 Å². The van der Waals surface area contributed by atoms with Gasteiger partial charge in [-0.2, -0.15) is 0 Å². The van der Waals surface area contributed by atoms with Gasteiger partial charge in [-0.3, -0.25) is 0 Å². The third-order valence-corrected chi connectivity index (χ3v) is 2.40. The first kappa shape index (κ1) is 14.8. The highest BCUT2D eigenvalue weighted by atomic mass is 15.0. The van der Waals surface area contributed by atoms with E-state index in [1.807, 2.05) is 79.8 Å². The molecule has 0 aromatic heterocycles. The molecule has 98 valence electrons. The fourth-order valence-electron chi connectivity index (χ4n) is 1.39. The van der Waals surface area contributed by atoms with Gasteiger partial charge in [0, 0.05) is 14.1 Å². The maximum atomic E-state index is 3.63. The van der Waals surface area contributed by atoms with Crippen LogP contribution >= 0.6 is 0 Å². The Kier molecular flexibility index (Phi) is 6.81. The molecule has 0 aliphatic rings. The Morgan fingerprint density at radius 3 is 1.63 bits per heavy atom. The SMILES string of the molecule is C=Cc1ccccc1.CN(C)C=Cc1ccccc1. The predicted molar refractivity (Wildman–Crippen MR) is 85.7 cm³/mol. The Bertz CT molecular complexity index is 484. The number of benzene rings is 2. The Morgan fingerprint density at radius 2 is 1.26 bits per heavy atom. The third kappa shape index (κ3) is 6.89. The summed E-state index contributed by atoms with van der Waals surface area (Å²) in [4.78, 5) is 2.02. The highest BCUT2D eigenvalue weighted by Crippen LogP contribution is 2.00. The maximum absolute atomic E-state index is 3.63. The van der Waals surface area contributed by atoms with Crippen LogP contribution in [-0.4, -0.2) is 19.0 Å². The lowest BCUT2D eigenvalue weighted by Crippen LogP contribution is -1.99. The highest BCUT2D eigenvalue weighted by molar-refractivity contribution is 5.48. The molecule has 0 spiro atoms. The van der Waals surface area contributed by atoms with E-state index in [1.165, 1.54) is 11.1 Å². The number of rotatable bonds is 3. The summed E-state index contributed by atoms with van der Waals surface area (Å²) >= 11 is 0. The minimum Gasteiger partial charge on any atom is -0.383 e. The molecule has 19 heavy (non-hydrogen) atoms. The highest BCUT2D eigenvalue weighted by Gasteiger charge is 1.81. The molecule has 0 saturated carbocycles. The van der Waals surface area contributed by atoms with Crippen molar-refractivity contribution >= 4 is 12.2 Å². The van der Waals surface area contributed by atoms with Crippen molar-refractivity contribution in [1.82, 2.24) is 4.90 Å². The second-order valence-electron chi connectivity index (χ2n) is 4.30. The Morgan fingerprint density at radius 1 is 0.789 bits per heavy atom. The monoisotopic (exact) mass is 251 g/mol. The first-order valence-electron chi connectivity index (χ1n) is 6.29. The molecule has 1 heteroatoms. The summed E-state index contributed by atoms with van der Waals surface area (Å²) in [7, 11) is 4.03. The molecule has 0 aliphatic heterocycles. The number of hydrogen-bond acceptors (Lipinski definition) is 1. The van der Waals surface area contributed by atoms with E-state index in [-0.39, 0.29) is 0 Å². The molecule has 1 nitrogen and oxygen atoms in total. The topological polar surface area (TPSA) is 3.24 Å². The summed E-state index contributed by atoms with van der Waals surface area (Å²) in [6.07, 6.45) is 5.95. The van der Waals surface area contributed by atoms with Crippen LogP contribution in [0.2, 0.25) is 0 Å². The van der Waals surface area contributed by atoms with Gasteiger partial charge in [-0.25, -0.2) is 0 Å². The third-order valence-electron chi connectivity index (χ3n) is 2.40. The minimum absolute atomic E-state index is 1.17. The van der Waals surface area contributed by atoms with E-state index in [1.54, 1.807) is 0 Å². The molecule has 0 unspecified atom stereocenters. The van der Waals surface area contributed by atoms with Crippen molar-refractivity contribution in [2.24, 2.45) is 0 Å². The van der Waals surface area contributed by atoms with Crippen molar-refractivity contribution in [1.29, 1.82) is 0 Å². The fraction of sp³-hybridized carbons (Fsp3) is 0.111. The molecule has 2 aromatic carbocycles. The summed E-state index contributed by atoms with van der Waals surface area (Å²) in [6, 6.07) is 20.3. The smallest absolute Gasteiger partial charge is 0.00556 e. The van der Waals surface area contributed by atoms with Gasteiger partial charge in [0.1, 0.15) is 0 Å². The van der Waals surface area contributed by atoms with Crippen LogP contribution < -0.4 is 0 Å². The Balaban J connectivity index is 0.000000200. The van der Waals surface area contributed by atoms with Crippen molar-refractivity contribution in [3.8, 4) is 0 Å². The van der Waals surface area contributed by atoms with Crippen LogP contribution in [0.5, 0.6) is 0 Å². The van der Waals surface area contributed by atoms with Crippen LogP contribution in [0.1, 0.15) is 11.1 Å². The van der Waals surface area contributed by atoms with Gasteiger partial charge in [0.2, 0.25) is 0 Å². The quantitative estimate of drug-likeness (QED) is 0.773. The second kappa shape index (κ2) is 8.76. The van der Waals surface area contributed by atoms with Gasteiger partial charge in [-0.15, -0.1) is 0 Å². The van der Waals surface area contributed by atoms with Crippen molar-refractivity contribution in [3.63, 3.8) is 0 Å². The summed E-state index contributed by atoms with van der Waals surface area (Å²) in [5.41, 5.74) is 2.41. The Labute approximate surface area is 116 Å². The molecule has 2 rings (SSSR count). The summed E-state index contributed by atoms with van der Waals surface area (Å²) in [5.74, 6) is 0. The summed E-state index contributed by atoms with van der Waals surface area (Å²) in [6.45, 7) is 3.63. The van der Waals surface area contributed by atoms with Gasteiger partial charge < -0.3 is 4.90 Å². The number of hydrogen-bond donors (Lipinski definition) is 0. The lowest BCUT2D eigenvalue weighted by Gasteiger charge is -2.02. The van der Waals surface area contributed by atoms with Gasteiger partial charge in [0.05, 0.1) is 0 Å². The Hall–Kier alpha value is -2.28. The molecule has 0 bridgehead atoms. The zero-order valence-electron chi connectivity index (χ0n) is 11.7. The van der Waals surface area contributed by atoms with Crippen molar-refractivity contribution < 1.29 is 0 Å². The molecular weight excluding hydrogens is 230 g/mol.